The minimum atomic E-state index is -0.0306. The molecule has 3 aromatic rings. The number of furan rings is 2. The topological polar surface area (TPSA) is 58.6 Å². The van der Waals surface area contributed by atoms with E-state index >= 15 is 0 Å². The van der Waals surface area contributed by atoms with E-state index in [2.05, 4.69) is 5.32 Å². The van der Waals surface area contributed by atoms with Crippen molar-refractivity contribution in [2.75, 3.05) is 6.54 Å². The fraction of sp³-hybridized carbons (Fsp3) is 0.211. The molecular weight excluding hydrogens is 304 g/mol. The van der Waals surface area contributed by atoms with Crippen molar-refractivity contribution < 1.29 is 13.6 Å². The Bertz CT molecular complexity index is 685. The third-order valence-electron chi connectivity index (χ3n) is 3.62. The van der Waals surface area contributed by atoms with Crippen LogP contribution in [-0.4, -0.2) is 17.4 Å². The summed E-state index contributed by atoms with van der Waals surface area (Å²) in [5.41, 5.74) is 1.08. The van der Waals surface area contributed by atoms with Crippen LogP contribution in [-0.2, 0) is 24.4 Å². The first-order chi connectivity index (χ1) is 11.8. The van der Waals surface area contributed by atoms with Crippen molar-refractivity contribution in [1.29, 1.82) is 0 Å². The highest BCUT2D eigenvalue weighted by Gasteiger charge is 2.14. The van der Waals surface area contributed by atoms with Crippen molar-refractivity contribution in [3.05, 3.63) is 84.2 Å². The number of nitrogens with one attached hydrogen (secondary N) is 1. The van der Waals surface area contributed by atoms with Gasteiger partial charge < -0.3 is 14.2 Å². The summed E-state index contributed by atoms with van der Waals surface area (Å²) in [6, 6.07) is 17.3. The van der Waals surface area contributed by atoms with Crippen LogP contribution in [0, 0.1) is 0 Å². The number of carbonyl (C=O) groups is 1. The van der Waals surface area contributed by atoms with E-state index in [4.69, 9.17) is 8.83 Å². The van der Waals surface area contributed by atoms with Crippen LogP contribution >= 0.6 is 0 Å². The van der Waals surface area contributed by atoms with Gasteiger partial charge in [-0.1, -0.05) is 30.3 Å². The molecule has 1 amide bonds. The monoisotopic (exact) mass is 324 g/mol. The highest BCUT2D eigenvalue weighted by atomic mass is 16.3. The van der Waals surface area contributed by atoms with E-state index in [-0.39, 0.29) is 12.5 Å². The van der Waals surface area contributed by atoms with Crippen LogP contribution in [0.1, 0.15) is 17.1 Å². The molecule has 5 heteroatoms. The summed E-state index contributed by atoms with van der Waals surface area (Å²) in [7, 11) is 0. The molecule has 5 nitrogen and oxygen atoms in total. The van der Waals surface area contributed by atoms with Gasteiger partial charge in [0.25, 0.3) is 0 Å². The highest BCUT2D eigenvalue weighted by Crippen LogP contribution is 2.11. The molecule has 1 aromatic carbocycles. The predicted molar refractivity (Wildman–Crippen MR) is 89.8 cm³/mol. The Hall–Kier alpha value is -2.79. The fourth-order valence-electron chi connectivity index (χ4n) is 2.47. The van der Waals surface area contributed by atoms with Gasteiger partial charge in [0.1, 0.15) is 11.5 Å². The lowest BCUT2D eigenvalue weighted by molar-refractivity contribution is -0.122. The maximum Gasteiger partial charge on any atom is 0.234 e. The quantitative estimate of drug-likeness (QED) is 0.691. The molecule has 0 fully saturated rings. The van der Waals surface area contributed by atoms with Gasteiger partial charge >= 0.3 is 0 Å². The van der Waals surface area contributed by atoms with Crippen LogP contribution < -0.4 is 5.32 Å². The summed E-state index contributed by atoms with van der Waals surface area (Å²) in [4.78, 5) is 14.3. The molecule has 0 atom stereocenters. The van der Waals surface area contributed by atoms with Gasteiger partial charge in [-0.15, -0.1) is 0 Å². The lowest BCUT2D eigenvalue weighted by atomic mass is 10.2. The van der Waals surface area contributed by atoms with Crippen LogP contribution in [0.4, 0.5) is 0 Å². The molecule has 0 radical (unpaired) electrons. The minimum absolute atomic E-state index is 0.0306. The number of nitrogens with zero attached hydrogens (tertiary/aromatic N) is 1. The van der Waals surface area contributed by atoms with E-state index in [1.54, 1.807) is 12.5 Å². The molecule has 0 unspecified atom stereocenters. The van der Waals surface area contributed by atoms with E-state index in [0.717, 1.165) is 17.1 Å². The first-order valence-electron chi connectivity index (χ1n) is 7.87. The first-order valence-corrected chi connectivity index (χ1v) is 7.87. The molecule has 2 heterocycles. The van der Waals surface area contributed by atoms with Gasteiger partial charge in [-0.3, -0.25) is 9.69 Å². The minimum Gasteiger partial charge on any atom is -0.468 e. The second-order valence-electron chi connectivity index (χ2n) is 5.57. The Morgan fingerprint density at radius 1 is 0.875 bits per heavy atom. The number of carbonyl (C=O) groups excluding carboxylic acids is 1. The fourth-order valence-corrected chi connectivity index (χ4v) is 2.47. The molecule has 0 bridgehead atoms. The zero-order valence-corrected chi connectivity index (χ0v) is 13.4. The van der Waals surface area contributed by atoms with Crippen molar-refractivity contribution in [3.63, 3.8) is 0 Å². The van der Waals surface area contributed by atoms with Crippen molar-refractivity contribution in [2.24, 2.45) is 0 Å². The number of benzene rings is 1. The van der Waals surface area contributed by atoms with E-state index < -0.39 is 0 Å². The summed E-state index contributed by atoms with van der Waals surface area (Å²) < 4.78 is 10.8. The van der Waals surface area contributed by atoms with E-state index in [0.29, 0.717) is 19.6 Å². The molecule has 0 aliphatic rings. The second kappa shape index (κ2) is 8.17. The Morgan fingerprint density at radius 2 is 1.50 bits per heavy atom. The molecular formula is C19H20N2O3. The third-order valence-corrected chi connectivity index (χ3v) is 3.62. The van der Waals surface area contributed by atoms with Gasteiger partial charge in [0, 0.05) is 6.54 Å². The molecule has 0 aliphatic heterocycles. The summed E-state index contributed by atoms with van der Waals surface area (Å²) in [5.74, 6) is 1.60. The van der Waals surface area contributed by atoms with Gasteiger partial charge in [-0.2, -0.15) is 0 Å². The van der Waals surface area contributed by atoms with E-state index in [1.807, 2.05) is 59.5 Å². The smallest absolute Gasteiger partial charge is 0.234 e. The molecule has 0 aliphatic carbocycles. The van der Waals surface area contributed by atoms with E-state index in [1.165, 1.54) is 0 Å². The van der Waals surface area contributed by atoms with Gasteiger partial charge in [-0.05, 0) is 29.8 Å². The molecule has 1 N–H and O–H groups in total. The molecule has 124 valence electrons. The molecule has 0 spiro atoms. The average molecular weight is 324 g/mol. The SMILES string of the molecule is O=C(CN(Cc1ccco1)Cc1ccco1)NCc1ccccc1. The van der Waals surface area contributed by atoms with Crippen molar-refractivity contribution >= 4 is 5.91 Å². The molecule has 0 saturated carbocycles. The summed E-state index contributed by atoms with van der Waals surface area (Å²) in [6.45, 7) is 1.89. The Labute approximate surface area is 140 Å². The lowest BCUT2D eigenvalue weighted by Crippen LogP contribution is -2.36. The predicted octanol–water partition coefficient (Wildman–Crippen LogP) is 3.19. The van der Waals surface area contributed by atoms with Crippen LogP contribution in [0.2, 0.25) is 0 Å². The molecule has 2 aromatic heterocycles. The number of amides is 1. The Morgan fingerprint density at radius 3 is 2.04 bits per heavy atom. The van der Waals surface area contributed by atoms with Gasteiger partial charge in [0.2, 0.25) is 5.91 Å². The average Bonchev–Trinajstić information content (AvgIpc) is 3.28. The molecule has 0 saturated heterocycles. The number of rotatable bonds is 8. The standard InChI is InChI=1S/C19H20N2O3/c22-19(20-12-16-6-2-1-3-7-16)15-21(13-17-8-4-10-23-17)14-18-9-5-11-24-18/h1-11H,12-15H2,(H,20,22). The Kier molecular flexibility index (Phi) is 5.48. The van der Waals surface area contributed by atoms with Gasteiger partial charge in [0.05, 0.1) is 32.2 Å². The third kappa shape index (κ3) is 4.86. The van der Waals surface area contributed by atoms with Crippen molar-refractivity contribution in [3.8, 4) is 0 Å². The number of hydrogen-bond acceptors (Lipinski definition) is 4. The molecule has 24 heavy (non-hydrogen) atoms. The number of hydrogen-bond donors (Lipinski definition) is 1. The molecule has 3 rings (SSSR count). The van der Waals surface area contributed by atoms with Gasteiger partial charge in [-0.25, -0.2) is 0 Å². The maximum absolute atomic E-state index is 12.3. The summed E-state index contributed by atoms with van der Waals surface area (Å²) in [5, 5.41) is 2.95. The van der Waals surface area contributed by atoms with Crippen LogP contribution in [0.5, 0.6) is 0 Å². The highest BCUT2D eigenvalue weighted by molar-refractivity contribution is 5.78. The maximum atomic E-state index is 12.3. The largest absolute Gasteiger partial charge is 0.468 e. The van der Waals surface area contributed by atoms with Crippen LogP contribution in [0.25, 0.3) is 0 Å². The Balaban J connectivity index is 1.56. The summed E-state index contributed by atoms with van der Waals surface area (Å²) in [6.07, 6.45) is 3.27. The first kappa shape index (κ1) is 16.1. The zero-order chi connectivity index (χ0) is 16.6. The summed E-state index contributed by atoms with van der Waals surface area (Å²) >= 11 is 0. The van der Waals surface area contributed by atoms with Crippen molar-refractivity contribution in [2.45, 2.75) is 19.6 Å². The van der Waals surface area contributed by atoms with E-state index in [9.17, 15) is 4.79 Å². The normalized spacial score (nSPS) is 10.9. The zero-order valence-electron chi connectivity index (χ0n) is 13.4. The van der Waals surface area contributed by atoms with Crippen molar-refractivity contribution in [1.82, 2.24) is 10.2 Å². The van der Waals surface area contributed by atoms with Gasteiger partial charge in [0.15, 0.2) is 0 Å². The van der Waals surface area contributed by atoms with Crippen LogP contribution in [0.15, 0.2) is 76.0 Å². The van der Waals surface area contributed by atoms with Crippen LogP contribution in [0.3, 0.4) is 0 Å². The lowest BCUT2D eigenvalue weighted by Gasteiger charge is -2.19. The second-order valence-corrected chi connectivity index (χ2v) is 5.57.